The Morgan fingerprint density at radius 1 is 1.37 bits per heavy atom. The van der Waals surface area contributed by atoms with Crippen molar-refractivity contribution in [2.45, 2.75) is 26.0 Å². The van der Waals surface area contributed by atoms with E-state index in [2.05, 4.69) is 12.2 Å². The van der Waals surface area contributed by atoms with E-state index < -0.39 is 0 Å². The lowest BCUT2D eigenvalue weighted by atomic mass is 10.0. The fourth-order valence-electron chi connectivity index (χ4n) is 2.66. The summed E-state index contributed by atoms with van der Waals surface area (Å²) in [5.74, 6) is 0.594. The van der Waals surface area contributed by atoms with Crippen molar-refractivity contribution in [3.8, 4) is 0 Å². The zero-order valence-corrected chi connectivity index (χ0v) is 11.7. The van der Waals surface area contributed by atoms with Gasteiger partial charge in [0, 0.05) is 30.6 Å². The van der Waals surface area contributed by atoms with Gasteiger partial charge in [0.2, 0.25) is 0 Å². The third kappa shape index (κ3) is 2.64. The summed E-state index contributed by atoms with van der Waals surface area (Å²) in [6, 6.07) is 7.95. The van der Waals surface area contributed by atoms with Gasteiger partial charge in [0.25, 0.3) is 0 Å². The standard InChI is InChI=1S/C15H18ClNO2/c1-10-11(6-7-18-10)8-17-9-13-12-4-2-3-5-14(12)19-15(13)16/h2-5,10-11,17H,6-9H2,1H3. The van der Waals surface area contributed by atoms with Gasteiger partial charge in [-0.05, 0) is 36.9 Å². The number of halogens is 1. The number of rotatable bonds is 4. The predicted molar refractivity (Wildman–Crippen MR) is 76.5 cm³/mol. The average Bonchev–Trinajstić information content (AvgIpc) is 2.94. The van der Waals surface area contributed by atoms with Crippen LogP contribution < -0.4 is 5.32 Å². The van der Waals surface area contributed by atoms with E-state index in [-0.39, 0.29) is 0 Å². The van der Waals surface area contributed by atoms with Crippen molar-refractivity contribution in [3.63, 3.8) is 0 Å². The molecule has 1 aromatic carbocycles. The first-order chi connectivity index (χ1) is 9.25. The lowest BCUT2D eigenvalue weighted by molar-refractivity contribution is 0.105. The molecule has 0 amide bonds. The molecule has 1 aliphatic heterocycles. The van der Waals surface area contributed by atoms with Gasteiger partial charge in [0.1, 0.15) is 5.58 Å². The van der Waals surface area contributed by atoms with Crippen molar-refractivity contribution in [2.75, 3.05) is 13.2 Å². The molecule has 0 saturated carbocycles. The second kappa shape index (κ2) is 5.53. The molecule has 1 aliphatic rings. The number of ether oxygens (including phenoxy) is 1. The Labute approximate surface area is 117 Å². The van der Waals surface area contributed by atoms with Crippen molar-refractivity contribution in [1.29, 1.82) is 0 Å². The van der Waals surface area contributed by atoms with Crippen LogP contribution in [0.3, 0.4) is 0 Å². The maximum Gasteiger partial charge on any atom is 0.199 e. The van der Waals surface area contributed by atoms with Crippen LogP contribution in [0, 0.1) is 5.92 Å². The molecule has 0 bridgehead atoms. The van der Waals surface area contributed by atoms with Crippen LogP contribution in [0.15, 0.2) is 28.7 Å². The molecule has 1 N–H and O–H groups in total. The Hall–Kier alpha value is -1.03. The highest BCUT2D eigenvalue weighted by atomic mass is 35.5. The molecule has 2 aromatic rings. The Bertz CT molecular complexity index is 566. The molecule has 3 nitrogen and oxygen atoms in total. The quantitative estimate of drug-likeness (QED) is 0.929. The summed E-state index contributed by atoms with van der Waals surface area (Å²) in [5, 5.41) is 5.05. The van der Waals surface area contributed by atoms with Crippen LogP contribution in [-0.4, -0.2) is 19.3 Å². The van der Waals surface area contributed by atoms with Crippen molar-refractivity contribution in [3.05, 3.63) is 35.0 Å². The Morgan fingerprint density at radius 3 is 3.00 bits per heavy atom. The largest absolute Gasteiger partial charge is 0.444 e. The highest BCUT2D eigenvalue weighted by Gasteiger charge is 2.23. The zero-order valence-electron chi connectivity index (χ0n) is 11.0. The van der Waals surface area contributed by atoms with Gasteiger partial charge in [0.05, 0.1) is 6.10 Å². The van der Waals surface area contributed by atoms with Gasteiger partial charge in [-0.3, -0.25) is 0 Å². The highest BCUT2D eigenvalue weighted by Crippen LogP contribution is 2.29. The van der Waals surface area contributed by atoms with Gasteiger partial charge in [-0.2, -0.15) is 0 Å². The number of nitrogens with one attached hydrogen (secondary N) is 1. The van der Waals surface area contributed by atoms with Gasteiger partial charge in [-0.15, -0.1) is 0 Å². The maximum absolute atomic E-state index is 6.16. The molecule has 1 saturated heterocycles. The maximum atomic E-state index is 6.16. The van der Waals surface area contributed by atoms with E-state index in [9.17, 15) is 0 Å². The van der Waals surface area contributed by atoms with Crippen molar-refractivity contribution in [2.24, 2.45) is 5.92 Å². The van der Waals surface area contributed by atoms with Crippen LogP contribution in [0.25, 0.3) is 11.0 Å². The first-order valence-electron chi connectivity index (χ1n) is 6.74. The number of benzene rings is 1. The summed E-state index contributed by atoms with van der Waals surface area (Å²) in [7, 11) is 0. The fourth-order valence-corrected chi connectivity index (χ4v) is 2.91. The first-order valence-corrected chi connectivity index (χ1v) is 7.11. The van der Waals surface area contributed by atoms with Crippen molar-refractivity contribution < 1.29 is 9.15 Å². The van der Waals surface area contributed by atoms with E-state index in [0.717, 1.165) is 42.6 Å². The molecule has 3 rings (SSSR count). The number of hydrogen-bond acceptors (Lipinski definition) is 3. The minimum Gasteiger partial charge on any atom is -0.444 e. The summed E-state index contributed by atoms with van der Waals surface area (Å²) < 4.78 is 11.1. The summed E-state index contributed by atoms with van der Waals surface area (Å²) >= 11 is 6.16. The molecule has 2 heterocycles. The third-order valence-electron chi connectivity index (χ3n) is 3.89. The normalized spacial score (nSPS) is 23.3. The molecule has 0 aliphatic carbocycles. The summed E-state index contributed by atoms with van der Waals surface area (Å²) in [6.45, 7) is 4.71. The van der Waals surface area contributed by atoms with Gasteiger partial charge in [-0.25, -0.2) is 0 Å². The second-order valence-corrected chi connectivity index (χ2v) is 5.45. The van der Waals surface area contributed by atoms with Crippen LogP contribution in [0.5, 0.6) is 0 Å². The molecular weight excluding hydrogens is 262 g/mol. The highest BCUT2D eigenvalue weighted by molar-refractivity contribution is 6.30. The van der Waals surface area contributed by atoms with Crippen LogP contribution >= 0.6 is 11.6 Å². The average molecular weight is 280 g/mol. The minimum atomic E-state index is 0.351. The number of fused-ring (bicyclic) bond motifs is 1. The lowest BCUT2D eigenvalue weighted by Crippen LogP contribution is -2.26. The molecule has 2 unspecified atom stereocenters. The van der Waals surface area contributed by atoms with E-state index in [4.69, 9.17) is 20.8 Å². The molecule has 0 spiro atoms. The van der Waals surface area contributed by atoms with Crippen LogP contribution in [0.2, 0.25) is 5.22 Å². The molecule has 19 heavy (non-hydrogen) atoms. The van der Waals surface area contributed by atoms with Gasteiger partial charge >= 0.3 is 0 Å². The third-order valence-corrected chi connectivity index (χ3v) is 4.20. The molecule has 2 atom stereocenters. The van der Waals surface area contributed by atoms with Crippen LogP contribution in [-0.2, 0) is 11.3 Å². The lowest BCUT2D eigenvalue weighted by Gasteiger charge is -2.14. The van der Waals surface area contributed by atoms with E-state index in [1.165, 1.54) is 0 Å². The van der Waals surface area contributed by atoms with Crippen LogP contribution in [0.4, 0.5) is 0 Å². The van der Waals surface area contributed by atoms with Crippen LogP contribution in [0.1, 0.15) is 18.9 Å². The summed E-state index contributed by atoms with van der Waals surface area (Å²) in [4.78, 5) is 0. The Morgan fingerprint density at radius 2 is 2.21 bits per heavy atom. The van der Waals surface area contributed by atoms with Gasteiger partial charge < -0.3 is 14.5 Å². The van der Waals surface area contributed by atoms with E-state index in [1.54, 1.807) is 0 Å². The number of para-hydroxylation sites is 1. The Balaban J connectivity index is 1.66. The van der Waals surface area contributed by atoms with Gasteiger partial charge in [-0.1, -0.05) is 18.2 Å². The summed E-state index contributed by atoms with van der Waals surface area (Å²) in [6.07, 6.45) is 1.48. The molecule has 102 valence electrons. The molecule has 0 radical (unpaired) electrons. The van der Waals surface area contributed by atoms with E-state index in [1.807, 2.05) is 24.3 Å². The second-order valence-electron chi connectivity index (χ2n) is 5.11. The summed E-state index contributed by atoms with van der Waals surface area (Å²) in [5.41, 5.74) is 1.89. The zero-order chi connectivity index (χ0) is 13.2. The molecule has 1 fully saturated rings. The van der Waals surface area contributed by atoms with Gasteiger partial charge in [0.15, 0.2) is 5.22 Å². The SMILES string of the molecule is CC1OCCC1CNCc1c(Cl)oc2ccccc12. The van der Waals surface area contributed by atoms with Crippen molar-refractivity contribution in [1.82, 2.24) is 5.32 Å². The Kier molecular flexibility index (Phi) is 3.78. The fraction of sp³-hybridized carbons (Fsp3) is 0.467. The van der Waals surface area contributed by atoms with E-state index >= 15 is 0 Å². The molecule has 1 aromatic heterocycles. The molecule has 4 heteroatoms. The monoisotopic (exact) mass is 279 g/mol. The van der Waals surface area contributed by atoms with E-state index in [0.29, 0.717) is 17.2 Å². The first kappa shape index (κ1) is 13.0. The van der Waals surface area contributed by atoms with Crippen molar-refractivity contribution >= 4 is 22.6 Å². The predicted octanol–water partition coefficient (Wildman–Crippen LogP) is 3.60. The number of hydrogen-bond donors (Lipinski definition) is 1. The smallest absolute Gasteiger partial charge is 0.199 e. The number of furan rings is 1. The topological polar surface area (TPSA) is 34.4 Å². The molecular formula is C15H18ClNO2. The minimum absolute atomic E-state index is 0.351.